The van der Waals surface area contributed by atoms with Gasteiger partial charge in [-0.2, -0.15) is 0 Å². The predicted octanol–water partition coefficient (Wildman–Crippen LogP) is 1.21. The number of nitrogens with zero attached hydrogens (tertiary/aromatic N) is 2. The van der Waals surface area contributed by atoms with E-state index in [0.717, 1.165) is 0 Å². The van der Waals surface area contributed by atoms with Gasteiger partial charge in [0.25, 0.3) is 0 Å². The molecule has 1 aromatic heterocycles. The second kappa shape index (κ2) is 6.95. The van der Waals surface area contributed by atoms with Crippen LogP contribution in [-0.4, -0.2) is 48.5 Å². The van der Waals surface area contributed by atoms with Gasteiger partial charge < -0.3 is 15.0 Å². The van der Waals surface area contributed by atoms with Gasteiger partial charge in [0.15, 0.2) is 10.8 Å². The largest absolute Gasteiger partial charge is 0.461 e. The molecule has 0 atom stereocenters. The summed E-state index contributed by atoms with van der Waals surface area (Å²) in [5.74, 6) is -0.468. The predicted molar refractivity (Wildman–Crippen MR) is 69.9 cm³/mol. The Hall–Kier alpha value is -1.63. The summed E-state index contributed by atoms with van der Waals surface area (Å²) in [4.78, 5) is 28.6. The molecule has 1 rings (SSSR count). The van der Waals surface area contributed by atoms with Crippen LogP contribution in [0.2, 0.25) is 0 Å². The average molecular weight is 271 g/mol. The van der Waals surface area contributed by atoms with Gasteiger partial charge in [-0.05, 0) is 13.8 Å². The number of carbonyl (C=O) groups is 2. The van der Waals surface area contributed by atoms with Crippen molar-refractivity contribution in [2.24, 2.45) is 0 Å². The van der Waals surface area contributed by atoms with Gasteiger partial charge >= 0.3 is 5.97 Å². The molecule has 7 heteroatoms. The number of anilines is 1. The number of aromatic nitrogens is 1. The number of ether oxygens (including phenoxy) is 1. The van der Waals surface area contributed by atoms with Gasteiger partial charge in [-0.25, -0.2) is 9.78 Å². The molecular weight excluding hydrogens is 254 g/mol. The molecule has 0 saturated heterocycles. The lowest BCUT2D eigenvalue weighted by molar-refractivity contribution is -0.127. The van der Waals surface area contributed by atoms with E-state index in [2.05, 4.69) is 10.3 Å². The van der Waals surface area contributed by atoms with E-state index in [1.54, 1.807) is 24.3 Å². The third kappa shape index (κ3) is 3.99. The van der Waals surface area contributed by atoms with Gasteiger partial charge in [-0.15, -0.1) is 11.3 Å². The molecule has 6 nitrogen and oxygen atoms in total. The van der Waals surface area contributed by atoms with Crippen LogP contribution in [0.5, 0.6) is 0 Å². The Morgan fingerprint density at radius 3 is 2.83 bits per heavy atom. The minimum Gasteiger partial charge on any atom is -0.461 e. The van der Waals surface area contributed by atoms with Crippen LogP contribution in [0.4, 0.5) is 5.13 Å². The van der Waals surface area contributed by atoms with Gasteiger partial charge in [-0.1, -0.05) is 0 Å². The first-order valence-corrected chi connectivity index (χ1v) is 6.56. The summed E-state index contributed by atoms with van der Waals surface area (Å²) in [7, 11) is 1.73. The minimum absolute atomic E-state index is 0.0228. The fourth-order valence-electron chi connectivity index (χ4n) is 1.12. The minimum atomic E-state index is -0.446. The summed E-state index contributed by atoms with van der Waals surface area (Å²) in [5, 5.41) is 5.03. The van der Waals surface area contributed by atoms with E-state index in [4.69, 9.17) is 4.74 Å². The quantitative estimate of drug-likeness (QED) is 0.787. The molecule has 100 valence electrons. The van der Waals surface area contributed by atoms with E-state index in [1.807, 2.05) is 6.92 Å². The maximum Gasteiger partial charge on any atom is 0.357 e. The first-order valence-electron chi connectivity index (χ1n) is 5.69. The van der Waals surface area contributed by atoms with Crippen molar-refractivity contribution < 1.29 is 14.3 Å². The third-order valence-electron chi connectivity index (χ3n) is 2.28. The fourth-order valence-corrected chi connectivity index (χ4v) is 1.80. The zero-order valence-corrected chi connectivity index (χ0v) is 11.5. The molecule has 0 aliphatic carbocycles. The molecule has 0 radical (unpaired) electrons. The van der Waals surface area contributed by atoms with E-state index in [0.29, 0.717) is 18.3 Å². The molecular formula is C11H17N3O3S. The first kappa shape index (κ1) is 14.4. The molecule has 1 amide bonds. The molecule has 0 unspecified atom stereocenters. The second-order valence-corrected chi connectivity index (χ2v) is 4.38. The lowest BCUT2D eigenvalue weighted by atomic mass is 10.5. The molecule has 1 aromatic rings. The smallest absolute Gasteiger partial charge is 0.357 e. The van der Waals surface area contributed by atoms with Crippen LogP contribution in [0.15, 0.2) is 5.38 Å². The zero-order valence-electron chi connectivity index (χ0n) is 10.7. The van der Waals surface area contributed by atoms with Gasteiger partial charge in [0.1, 0.15) is 0 Å². The molecule has 1 heterocycles. The average Bonchev–Trinajstić information content (AvgIpc) is 2.84. The van der Waals surface area contributed by atoms with E-state index >= 15 is 0 Å². The normalized spacial score (nSPS) is 9.94. The van der Waals surface area contributed by atoms with E-state index in [1.165, 1.54) is 11.3 Å². The Kier molecular flexibility index (Phi) is 5.57. The van der Waals surface area contributed by atoms with Crippen LogP contribution in [0, 0.1) is 0 Å². The molecule has 0 saturated carbocycles. The van der Waals surface area contributed by atoms with Gasteiger partial charge in [0.05, 0.1) is 13.2 Å². The van der Waals surface area contributed by atoms with E-state index in [-0.39, 0.29) is 18.1 Å². The van der Waals surface area contributed by atoms with Crippen molar-refractivity contribution in [1.29, 1.82) is 0 Å². The van der Waals surface area contributed by atoms with Crippen molar-refractivity contribution in [3.05, 3.63) is 11.1 Å². The number of hydrogen-bond acceptors (Lipinski definition) is 6. The summed E-state index contributed by atoms with van der Waals surface area (Å²) in [6, 6.07) is 0. The molecule has 0 aliphatic heterocycles. The zero-order chi connectivity index (χ0) is 13.5. The monoisotopic (exact) mass is 271 g/mol. The van der Waals surface area contributed by atoms with Crippen LogP contribution >= 0.6 is 11.3 Å². The highest BCUT2D eigenvalue weighted by molar-refractivity contribution is 7.13. The second-order valence-electron chi connectivity index (χ2n) is 3.52. The third-order valence-corrected chi connectivity index (χ3v) is 3.08. The lowest BCUT2D eigenvalue weighted by Gasteiger charge is -2.14. The summed E-state index contributed by atoms with van der Waals surface area (Å²) in [5.41, 5.74) is 0.264. The van der Waals surface area contributed by atoms with Crippen molar-refractivity contribution in [2.45, 2.75) is 13.8 Å². The van der Waals surface area contributed by atoms with Crippen molar-refractivity contribution in [1.82, 2.24) is 9.88 Å². The van der Waals surface area contributed by atoms with Crippen LogP contribution in [0.1, 0.15) is 24.3 Å². The van der Waals surface area contributed by atoms with Crippen molar-refractivity contribution >= 4 is 28.3 Å². The topological polar surface area (TPSA) is 71.5 Å². The standard InChI is InChI=1S/C11H17N3O3S/c1-4-14(3)9(15)6-12-11-13-8(7-18-11)10(16)17-5-2/h7H,4-6H2,1-3H3,(H,12,13). The SMILES string of the molecule is CCOC(=O)c1csc(NCC(=O)N(C)CC)n1. The lowest BCUT2D eigenvalue weighted by Crippen LogP contribution is -2.31. The van der Waals surface area contributed by atoms with E-state index < -0.39 is 5.97 Å². The van der Waals surface area contributed by atoms with Gasteiger partial charge in [-0.3, -0.25) is 4.79 Å². The Morgan fingerprint density at radius 2 is 2.22 bits per heavy atom. The molecule has 0 bridgehead atoms. The first-order chi connectivity index (χ1) is 8.58. The van der Waals surface area contributed by atoms with Crippen LogP contribution in [0.3, 0.4) is 0 Å². The summed E-state index contributed by atoms with van der Waals surface area (Å²) in [6.45, 7) is 4.79. The Morgan fingerprint density at radius 1 is 1.50 bits per heavy atom. The molecule has 18 heavy (non-hydrogen) atoms. The van der Waals surface area contributed by atoms with Crippen LogP contribution in [-0.2, 0) is 9.53 Å². The number of carbonyl (C=O) groups excluding carboxylic acids is 2. The maximum absolute atomic E-state index is 11.5. The van der Waals surface area contributed by atoms with Gasteiger partial charge in [0.2, 0.25) is 5.91 Å². The molecule has 0 aliphatic rings. The highest BCUT2D eigenvalue weighted by atomic mass is 32.1. The van der Waals surface area contributed by atoms with Crippen molar-refractivity contribution in [2.75, 3.05) is 32.1 Å². The van der Waals surface area contributed by atoms with Crippen molar-refractivity contribution in [3.8, 4) is 0 Å². The fraction of sp³-hybridized carbons (Fsp3) is 0.545. The highest BCUT2D eigenvalue weighted by Gasteiger charge is 2.12. The molecule has 1 N–H and O–H groups in total. The summed E-state index contributed by atoms with van der Waals surface area (Å²) in [6.07, 6.45) is 0. The number of likely N-dealkylation sites (N-methyl/N-ethyl adjacent to an activating group) is 1. The Balaban J connectivity index is 2.49. The Labute approximate surface area is 110 Å². The number of esters is 1. The van der Waals surface area contributed by atoms with Crippen molar-refractivity contribution in [3.63, 3.8) is 0 Å². The summed E-state index contributed by atoms with van der Waals surface area (Å²) >= 11 is 1.27. The van der Waals surface area contributed by atoms with Gasteiger partial charge in [0, 0.05) is 19.0 Å². The summed E-state index contributed by atoms with van der Waals surface area (Å²) < 4.78 is 4.82. The highest BCUT2D eigenvalue weighted by Crippen LogP contribution is 2.15. The Bertz CT molecular complexity index is 419. The maximum atomic E-state index is 11.5. The number of amides is 1. The number of hydrogen-bond donors (Lipinski definition) is 1. The van der Waals surface area contributed by atoms with Crippen LogP contribution in [0.25, 0.3) is 0 Å². The number of thiazole rings is 1. The van der Waals surface area contributed by atoms with E-state index in [9.17, 15) is 9.59 Å². The number of nitrogens with one attached hydrogen (secondary N) is 1. The molecule has 0 fully saturated rings. The number of rotatable bonds is 6. The molecule has 0 spiro atoms. The molecule has 0 aromatic carbocycles. The van der Waals surface area contributed by atoms with Crippen LogP contribution < -0.4 is 5.32 Å².